The molecule has 0 unspecified atom stereocenters. The highest BCUT2D eigenvalue weighted by molar-refractivity contribution is 9.10. The van der Waals surface area contributed by atoms with Gasteiger partial charge in [0.25, 0.3) is 0 Å². The van der Waals surface area contributed by atoms with Crippen LogP contribution in [0.4, 0.5) is 11.5 Å². The number of anilines is 2. The predicted molar refractivity (Wildman–Crippen MR) is 89.6 cm³/mol. The molecule has 0 saturated heterocycles. The molecule has 1 N–H and O–H groups in total. The minimum atomic E-state index is 0.730. The van der Waals surface area contributed by atoms with Gasteiger partial charge in [-0.2, -0.15) is 0 Å². The van der Waals surface area contributed by atoms with Gasteiger partial charge in [0.05, 0.1) is 0 Å². The predicted octanol–water partition coefficient (Wildman–Crippen LogP) is 4.96. The van der Waals surface area contributed by atoms with Crippen molar-refractivity contribution in [3.63, 3.8) is 0 Å². The van der Waals surface area contributed by atoms with Crippen molar-refractivity contribution in [2.75, 3.05) is 5.32 Å². The van der Waals surface area contributed by atoms with E-state index in [1.807, 2.05) is 67.6 Å². The van der Waals surface area contributed by atoms with E-state index in [9.17, 15) is 0 Å². The molecule has 0 fully saturated rings. The van der Waals surface area contributed by atoms with Crippen molar-refractivity contribution in [1.29, 1.82) is 0 Å². The van der Waals surface area contributed by atoms with E-state index in [-0.39, 0.29) is 0 Å². The summed E-state index contributed by atoms with van der Waals surface area (Å²) in [5, 5.41) is 3.31. The third kappa shape index (κ3) is 3.47. The first-order valence-electron chi connectivity index (χ1n) is 6.64. The standard InChI is InChI=1S/C17H14BrN3/c1-12-10-16(20-15-9-5-8-14(18)11-15)21-17(19-12)13-6-3-2-4-7-13/h2-11H,1H3,(H,19,20,21). The van der Waals surface area contributed by atoms with Gasteiger partial charge in [0.15, 0.2) is 5.82 Å². The van der Waals surface area contributed by atoms with Gasteiger partial charge in [-0.15, -0.1) is 0 Å². The molecule has 3 aromatic rings. The fourth-order valence-electron chi connectivity index (χ4n) is 2.06. The van der Waals surface area contributed by atoms with Crippen molar-refractivity contribution in [3.05, 3.63) is 70.8 Å². The fourth-order valence-corrected chi connectivity index (χ4v) is 2.46. The first kappa shape index (κ1) is 13.8. The van der Waals surface area contributed by atoms with E-state index in [1.165, 1.54) is 0 Å². The van der Waals surface area contributed by atoms with Crippen LogP contribution in [0.25, 0.3) is 11.4 Å². The monoisotopic (exact) mass is 339 g/mol. The van der Waals surface area contributed by atoms with Crippen LogP contribution in [0.2, 0.25) is 0 Å². The normalized spacial score (nSPS) is 10.4. The first-order chi connectivity index (χ1) is 10.2. The Bertz CT molecular complexity index is 757. The quantitative estimate of drug-likeness (QED) is 0.732. The SMILES string of the molecule is Cc1cc(Nc2cccc(Br)c2)nc(-c2ccccc2)n1. The molecule has 0 amide bonds. The lowest BCUT2D eigenvalue weighted by molar-refractivity contribution is 1.11. The van der Waals surface area contributed by atoms with Crippen molar-refractivity contribution in [3.8, 4) is 11.4 Å². The van der Waals surface area contributed by atoms with Crippen molar-refractivity contribution < 1.29 is 0 Å². The van der Waals surface area contributed by atoms with Gasteiger partial charge >= 0.3 is 0 Å². The third-order valence-electron chi connectivity index (χ3n) is 2.98. The topological polar surface area (TPSA) is 37.8 Å². The average molecular weight is 340 g/mol. The number of aryl methyl sites for hydroxylation is 1. The van der Waals surface area contributed by atoms with Crippen molar-refractivity contribution in [1.82, 2.24) is 9.97 Å². The molecule has 3 rings (SSSR count). The van der Waals surface area contributed by atoms with E-state index in [1.54, 1.807) is 0 Å². The maximum Gasteiger partial charge on any atom is 0.161 e. The summed E-state index contributed by atoms with van der Waals surface area (Å²) in [5.74, 6) is 1.52. The van der Waals surface area contributed by atoms with Gasteiger partial charge in [-0.1, -0.05) is 52.3 Å². The Kier molecular flexibility index (Phi) is 3.97. The van der Waals surface area contributed by atoms with E-state index >= 15 is 0 Å². The Morgan fingerprint density at radius 2 is 1.71 bits per heavy atom. The number of aromatic nitrogens is 2. The summed E-state index contributed by atoms with van der Waals surface area (Å²) in [6.45, 7) is 1.97. The van der Waals surface area contributed by atoms with Crippen LogP contribution in [0, 0.1) is 6.92 Å². The average Bonchev–Trinajstić information content (AvgIpc) is 2.47. The smallest absolute Gasteiger partial charge is 0.161 e. The molecule has 0 aliphatic carbocycles. The van der Waals surface area contributed by atoms with Crippen LogP contribution in [-0.2, 0) is 0 Å². The maximum absolute atomic E-state index is 4.59. The van der Waals surface area contributed by atoms with Gasteiger partial charge in [0, 0.05) is 27.5 Å². The lowest BCUT2D eigenvalue weighted by atomic mass is 10.2. The van der Waals surface area contributed by atoms with E-state index < -0.39 is 0 Å². The second kappa shape index (κ2) is 6.06. The van der Waals surface area contributed by atoms with Crippen LogP contribution in [-0.4, -0.2) is 9.97 Å². The van der Waals surface area contributed by atoms with E-state index in [4.69, 9.17) is 0 Å². The second-order valence-corrected chi connectivity index (χ2v) is 5.64. The Balaban J connectivity index is 1.95. The summed E-state index contributed by atoms with van der Waals surface area (Å²) in [6, 6.07) is 19.9. The molecule has 2 aromatic carbocycles. The van der Waals surface area contributed by atoms with Crippen molar-refractivity contribution in [2.24, 2.45) is 0 Å². The minimum Gasteiger partial charge on any atom is -0.340 e. The molecule has 0 aliphatic heterocycles. The zero-order valence-electron chi connectivity index (χ0n) is 11.5. The van der Waals surface area contributed by atoms with E-state index in [0.717, 1.165) is 33.1 Å². The number of benzene rings is 2. The summed E-state index contributed by atoms with van der Waals surface area (Å²) in [4.78, 5) is 9.09. The summed E-state index contributed by atoms with van der Waals surface area (Å²) in [7, 11) is 0. The molecule has 1 heterocycles. The highest BCUT2D eigenvalue weighted by Crippen LogP contribution is 2.22. The molecular weight excluding hydrogens is 326 g/mol. The zero-order chi connectivity index (χ0) is 14.7. The Morgan fingerprint density at radius 3 is 2.48 bits per heavy atom. The lowest BCUT2D eigenvalue weighted by Crippen LogP contribution is -1.99. The molecular formula is C17H14BrN3. The van der Waals surface area contributed by atoms with Crippen LogP contribution in [0.1, 0.15) is 5.69 Å². The molecule has 1 aromatic heterocycles. The summed E-state index contributed by atoms with van der Waals surface area (Å²) < 4.78 is 1.03. The Labute approximate surface area is 132 Å². The minimum absolute atomic E-state index is 0.730. The van der Waals surface area contributed by atoms with Crippen molar-refractivity contribution in [2.45, 2.75) is 6.92 Å². The molecule has 4 heteroatoms. The van der Waals surface area contributed by atoms with Gasteiger partial charge in [-0.3, -0.25) is 0 Å². The lowest BCUT2D eigenvalue weighted by Gasteiger charge is -2.09. The molecule has 104 valence electrons. The fraction of sp³-hybridized carbons (Fsp3) is 0.0588. The molecule has 21 heavy (non-hydrogen) atoms. The van der Waals surface area contributed by atoms with Crippen LogP contribution >= 0.6 is 15.9 Å². The van der Waals surface area contributed by atoms with Gasteiger partial charge in [-0.25, -0.2) is 9.97 Å². The highest BCUT2D eigenvalue weighted by Gasteiger charge is 2.05. The number of nitrogens with one attached hydrogen (secondary N) is 1. The van der Waals surface area contributed by atoms with Crippen LogP contribution in [0.15, 0.2) is 65.1 Å². The highest BCUT2D eigenvalue weighted by atomic mass is 79.9. The van der Waals surface area contributed by atoms with Gasteiger partial charge in [0.1, 0.15) is 5.82 Å². The summed E-state index contributed by atoms with van der Waals surface area (Å²) in [5.41, 5.74) is 2.93. The van der Waals surface area contributed by atoms with Gasteiger partial charge in [0.2, 0.25) is 0 Å². The van der Waals surface area contributed by atoms with Crippen LogP contribution in [0.3, 0.4) is 0 Å². The Morgan fingerprint density at radius 1 is 0.905 bits per heavy atom. The zero-order valence-corrected chi connectivity index (χ0v) is 13.1. The van der Waals surface area contributed by atoms with Crippen LogP contribution < -0.4 is 5.32 Å². The van der Waals surface area contributed by atoms with E-state index in [0.29, 0.717) is 0 Å². The third-order valence-corrected chi connectivity index (χ3v) is 3.48. The molecule has 0 aliphatic rings. The summed E-state index contributed by atoms with van der Waals surface area (Å²) in [6.07, 6.45) is 0. The Hall–Kier alpha value is -2.20. The summed E-state index contributed by atoms with van der Waals surface area (Å²) >= 11 is 3.47. The van der Waals surface area contributed by atoms with Gasteiger partial charge in [-0.05, 0) is 25.1 Å². The first-order valence-corrected chi connectivity index (χ1v) is 7.44. The molecule has 0 bridgehead atoms. The van der Waals surface area contributed by atoms with E-state index in [2.05, 4.69) is 31.2 Å². The second-order valence-electron chi connectivity index (χ2n) is 4.72. The number of rotatable bonds is 3. The molecule has 0 radical (unpaired) electrons. The number of halogens is 1. The van der Waals surface area contributed by atoms with Gasteiger partial charge < -0.3 is 5.32 Å². The number of hydrogen-bond donors (Lipinski definition) is 1. The van der Waals surface area contributed by atoms with Crippen LogP contribution in [0.5, 0.6) is 0 Å². The molecule has 0 spiro atoms. The molecule has 0 saturated carbocycles. The molecule has 0 atom stereocenters. The number of nitrogens with zero attached hydrogens (tertiary/aromatic N) is 2. The largest absolute Gasteiger partial charge is 0.340 e. The van der Waals surface area contributed by atoms with Crippen molar-refractivity contribution >= 4 is 27.4 Å². The number of hydrogen-bond acceptors (Lipinski definition) is 3. The maximum atomic E-state index is 4.59. The molecule has 3 nitrogen and oxygen atoms in total.